The van der Waals surface area contributed by atoms with Gasteiger partial charge in [0.2, 0.25) is 5.95 Å². The Morgan fingerprint density at radius 2 is 1.67 bits per heavy atom. The minimum Gasteiger partial charge on any atom is -0.369 e. The second-order valence-corrected chi connectivity index (χ2v) is 4.74. The van der Waals surface area contributed by atoms with Crippen LogP contribution >= 0.6 is 0 Å². The van der Waals surface area contributed by atoms with Crippen molar-refractivity contribution in [1.82, 2.24) is 9.55 Å². The van der Waals surface area contributed by atoms with Gasteiger partial charge in [-0.3, -0.25) is 0 Å². The second-order valence-electron chi connectivity index (χ2n) is 4.74. The highest BCUT2D eigenvalue weighted by molar-refractivity contribution is 5.78. The zero-order valence-corrected chi connectivity index (χ0v) is 10.9. The minimum absolute atomic E-state index is 0.344. The fourth-order valence-corrected chi connectivity index (χ4v) is 2.24. The maximum atomic E-state index is 12.5. The Morgan fingerprint density at radius 3 is 2.33 bits per heavy atom. The van der Waals surface area contributed by atoms with Crippen LogP contribution < -0.4 is 5.73 Å². The van der Waals surface area contributed by atoms with Crippen LogP contribution in [0.2, 0.25) is 0 Å². The summed E-state index contributed by atoms with van der Waals surface area (Å²) in [5.74, 6) is 0.344. The van der Waals surface area contributed by atoms with Gasteiger partial charge in [-0.1, -0.05) is 24.3 Å². The number of imidazole rings is 1. The van der Waals surface area contributed by atoms with Crippen molar-refractivity contribution in [3.63, 3.8) is 0 Å². The molecule has 0 saturated carbocycles. The Labute approximate surface area is 118 Å². The first-order chi connectivity index (χ1) is 9.95. The summed E-state index contributed by atoms with van der Waals surface area (Å²) in [6.45, 7) is 0.379. The Balaban J connectivity index is 1.94. The average molecular weight is 291 g/mol. The van der Waals surface area contributed by atoms with Crippen LogP contribution in [-0.2, 0) is 12.7 Å². The lowest BCUT2D eigenvalue weighted by Crippen LogP contribution is -2.07. The molecule has 0 atom stereocenters. The lowest BCUT2D eigenvalue weighted by molar-refractivity contribution is -0.137. The third kappa shape index (κ3) is 2.56. The monoisotopic (exact) mass is 291 g/mol. The van der Waals surface area contributed by atoms with Gasteiger partial charge in [-0.05, 0) is 29.8 Å². The molecule has 0 spiro atoms. The highest BCUT2D eigenvalue weighted by Gasteiger charge is 2.29. The predicted molar refractivity (Wildman–Crippen MR) is 74.7 cm³/mol. The smallest absolute Gasteiger partial charge is 0.369 e. The number of nitrogen functional groups attached to an aromatic ring is 1. The van der Waals surface area contributed by atoms with E-state index in [4.69, 9.17) is 5.73 Å². The maximum Gasteiger partial charge on any atom is 0.416 e. The Kier molecular flexibility index (Phi) is 3.08. The highest BCUT2D eigenvalue weighted by Crippen LogP contribution is 2.29. The van der Waals surface area contributed by atoms with E-state index in [-0.39, 0.29) is 0 Å². The van der Waals surface area contributed by atoms with Gasteiger partial charge in [0.15, 0.2) is 0 Å². The van der Waals surface area contributed by atoms with Gasteiger partial charge in [0.25, 0.3) is 0 Å². The van der Waals surface area contributed by atoms with Gasteiger partial charge in [-0.2, -0.15) is 13.2 Å². The molecule has 2 N–H and O–H groups in total. The van der Waals surface area contributed by atoms with E-state index in [1.54, 1.807) is 4.57 Å². The summed E-state index contributed by atoms with van der Waals surface area (Å²) in [5.41, 5.74) is 7.57. The van der Waals surface area contributed by atoms with E-state index in [1.807, 2.05) is 24.3 Å². The Bertz CT molecular complexity index is 773. The largest absolute Gasteiger partial charge is 0.416 e. The van der Waals surface area contributed by atoms with Crippen molar-refractivity contribution in [1.29, 1.82) is 0 Å². The number of nitrogens with two attached hydrogens (primary N) is 1. The van der Waals surface area contributed by atoms with Crippen LogP contribution in [0.5, 0.6) is 0 Å². The molecule has 6 heteroatoms. The number of anilines is 1. The lowest BCUT2D eigenvalue weighted by atomic mass is 10.1. The summed E-state index contributed by atoms with van der Waals surface area (Å²) >= 11 is 0. The molecule has 0 aliphatic carbocycles. The van der Waals surface area contributed by atoms with E-state index in [0.29, 0.717) is 12.5 Å². The molecule has 3 aromatic rings. The average Bonchev–Trinajstić information content (AvgIpc) is 2.75. The van der Waals surface area contributed by atoms with Crippen LogP contribution in [0.25, 0.3) is 11.0 Å². The molecule has 0 unspecified atom stereocenters. The van der Waals surface area contributed by atoms with E-state index < -0.39 is 11.7 Å². The minimum atomic E-state index is -4.32. The predicted octanol–water partition coefficient (Wildman–Crippen LogP) is 3.69. The standard InChI is InChI=1S/C15H12F3N3/c16-15(17,18)11-7-5-10(6-8-11)9-21-13-4-2-1-3-12(13)20-14(21)19/h1-8H,9H2,(H2,19,20). The number of hydrogen-bond acceptors (Lipinski definition) is 2. The molecule has 2 aromatic carbocycles. The molecule has 0 aliphatic heterocycles. The molecule has 0 amide bonds. The summed E-state index contributed by atoms with van der Waals surface area (Å²) in [6.07, 6.45) is -4.32. The number of aromatic nitrogens is 2. The molecule has 0 radical (unpaired) electrons. The molecule has 1 heterocycles. The molecule has 21 heavy (non-hydrogen) atoms. The van der Waals surface area contributed by atoms with Crippen molar-refractivity contribution in [2.75, 3.05) is 5.73 Å². The number of rotatable bonds is 2. The van der Waals surface area contributed by atoms with Crippen LogP contribution in [0.4, 0.5) is 19.1 Å². The second kappa shape index (κ2) is 4.80. The molecule has 3 rings (SSSR count). The zero-order chi connectivity index (χ0) is 15.0. The summed E-state index contributed by atoms with van der Waals surface area (Å²) < 4.78 is 39.4. The number of hydrogen-bond donors (Lipinski definition) is 1. The number of para-hydroxylation sites is 2. The van der Waals surface area contributed by atoms with Crippen LogP contribution in [0.1, 0.15) is 11.1 Å². The number of halogens is 3. The molecule has 0 saturated heterocycles. The molecule has 1 aromatic heterocycles. The van der Waals surface area contributed by atoms with Gasteiger partial charge in [0, 0.05) is 0 Å². The maximum absolute atomic E-state index is 12.5. The summed E-state index contributed by atoms with van der Waals surface area (Å²) in [6, 6.07) is 12.5. The molecule has 3 nitrogen and oxygen atoms in total. The van der Waals surface area contributed by atoms with Crippen molar-refractivity contribution in [2.45, 2.75) is 12.7 Å². The fraction of sp³-hybridized carbons (Fsp3) is 0.133. The van der Waals surface area contributed by atoms with Crippen molar-refractivity contribution < 1.29 is 13.2 Å². The molecular formula is C15H12F3N3. The van der Waals surface area contributed by atoms with E-state index in [1.165, 1.54) is 12.1 Å². The van der Waals surface area contributed by atoms with Gasteiger partial charge < -0.3 is 10.3 Å². The SMILES string of the molecule is Nc1nc2ccccc2n1Cc1ccc(C(F)(F)F)cc1. The first kappa shape index (κ1) is 13.5. The number of fused-ring (bicyclic) bond motifs is 1. The number of alkyl halides is 3. The first-order valence-corrected chi connectivity index (χ1v) is 6.32. The third-order valence-electron chi connectivity index (χ3n) is 3.31. The normalized spacial score (nSPS) is 12.0. The Hall–Kier alpha value is -2.50. The van der Waals surface area contributed by atoms with Crippen LogP contribution in [0, 0.1) is 0 Å². The van der Waals surface area contributed by atoms with Crippen LogP contribution in [-0.4, -0.2) is 9.55 Å². The van der Waals surface area contributed by atoms with E-state index in [0.717, 1.165) is 28.7 Å². The van der Waals surface area contributed by atoms with E-state index >= 15 is 0 Å². The zero-order valence-electron chi connectivity index (χ0n) is 10.9. The molecule has 108 valence electrons. The summed E-state index contributed by atoms with van der Waals surface area (Å²) in [4.78, 5) is 4.23. The van der Waals surface area contributed by atoms with Gasteiger partial charge >= 0.3 is 6.18 Å². The van der Waals surface area contributed by atoms with Crippen molar-refractivity contribution in [2.24, 2.45) is 0 Å². The topological polar surface area (TPSA) is 43.8 Å². The van der Waals surface area contributed by atoms with Gasteiger partial charge in [-0.25, -0.2) is 4.98 Å². The van der Waals surface area contributed by atoms with Crippen molar-refractivity contribution in [3.05, 3.63) is 59.7 Å². The van der Waals surface area contributed by atoms with E-state index in [2.05, 4.69) is 4.98 Å². The van der Waals surface area contributed by atoms with Crippen molar-refractivity contribution in [3.8, 4) is 0 Å². The Morgan fingerprint density at radius 1 is 1.00 bits per heavy atom. The van der Waals surface area contributed by atoms with Crippen LogP contribution in [0.3, 0.4) is 0 Å². The summed E-state index contributed by atoms with van der Waals surface area (Å²) in [5, 5.41) is 0. The molecule has 0 fully saturated rings. The lowest BCUT2D eigenvalue weighted by Gasteiger charge is -2.09. The van der Waals surface area contributed by atoms with Gasteiger partial charge in [-0.15, -0.1) is 0 Å². The first-order valence-electron chi connectivity index (χ1n) is 6.32. The third-order valence-corrected chi connectivity index (χ3v) is 3.31. The fourth-order valence-electron chi connectivity index (χ4n) is 2.24. The van der Waals surface area contributed by atoms with E-state index in [9.17, 15) is 13.2 Å². The van der Waals surface area contributed by atoms with Gasteiger partial charge in [0.1, 0.15) is 0 Å². The number of benzene rings is 2. The quantitative estimate of drug-likeness (QED) is 0.782. The molecule has 0 aliphatic rings. The number of nitrogens with zero attached hydrogens (tertiary/aromatic N) is 2. The summed E-state index contributed by atoms with van der Waals surface area (Å²) in [7, 11) is 0. The van der Waals surface area contributed by atoms with Gasteiger partial charge in [0.05, 0.1) is 23.1 Å². The van der Waals surface area contributed by atoms with Crippen LogP contribution in [0.15, 0.2) is 48.5 Å². The van der Waals surface area contributed by atoms with Crippen molar-refractivity contribution >= 4 is 17.0 Å². The molecule has 0 bridgehead atoms. The molecular weight excluding hydrogens is 279 g/mol. The highest BCUT2D eigenvalue weighted by atomic mass is 19.4.